The Balaban J connectivity index is 2.33. The van der Waals surface area contributed by atoms with Gasteiger partial charge in [0.05, 0.1) is 12.8 Å². The molecule has 0 saturated carbocycles. The van der Waals surface area contributed by atoms with Gasteiger partial charge in [-0.15, -0.1) is 0 Å². The molecule has 0 fully saturated rings. The van der Waals surface area contributed by atoms with Gasteiger partial charge in [0.15, 0.2) is 0 Å². The summed E-state index contributed by atoms with van der Waals surface area (Å²) in [4.78, 5) is 2.33. The van der Waals surface area contributed by atoms with Gasteiger partial charge in [-0.25, -0.2) is 0 Å². The van der Waals surface area contributed by atoms with Crippen LogP contribution in [0.1, 0.15) is 45.4 Å². The maximum absolute atomic E-state index is 5.63. The molecule has 1 atom stereocenters. The molecular weight excluding hydrogens is 236 g/mol. The van der Waals surface area contributed by atoms with Crippen LogP contribution in [0.25, 0.3) is 0 Å². The van der Waals surface area contributed by atoms with Crippen molar-refractivity contribution in [2.45, 2.75) is 47.2 Å². The van der Waals surface area contributed by atoms with E-state index in [1.165, 1.54) is 12.0 Å². The topological polar surface area (TPSA) is 28.4 Å². The van der Waals surface area contributed by atoms with Crippen molar-refractivity contribution in [2.75, 3.05) is 20.1 Å². The Morgan fingerprint density at radius 2 is 2.05 bits per heavy atom. The van der Waals surface area contributed by atoms with Crippen molar-refractivity contribution < 1.29 is 4.42 Å². The van der Waals surface area contributed by atoms with Crippen molar-refractivity contribution in [1.82, 2.24) is 10.2 Å². The number of nitrogens with zero attached hydrogens (tertiary/aromatic N) is 1. The van der Waals surface area contributed by atoms with Gasteiger partial charge in [-0.2, -0.15) is 0 Å². The van der Waals surface area contributed by atoms with E-state index < -0.39 is 0 Å². The molecule has 1 aromatic rings. The van der Waals surface area contributed by atoms with E-state index in [0.29, 0.717) is 5.92 Å². The first-order chi connectivity index (χ1) is 9.01. The lowest BCUT2D eigenvalue weighted by molar-refractivity contribution is 0.254. The molecule has 110 valence electrons. The molecule has 0 spiro atoms. The Kier molecular flexibility index (Phi) is 7.17. The number of hydrogen-bond donors (Lipinski definition) is 1. The summed E-state index contributed by atoms with van der Waals surface area (Å²) < 4.78 is 5.63. The zero-order valence-electron chi connectivity index (χ0n) is 13.2. The lowest BCUT2D eigenvalue weighted by Crippen LogP contribution is -2.23. The van der Waals surface area contributed by atoms with Crippen LogP contribution in [0, 0.1) is 11.8 Å². The Morgan fingerprint density at radius 3 is 2.68 bits per heavy atom. The first-order valence-electron chi connectivity index (χ1n) is 7.46. The van der Waals surface area contributed by atoms with Gasteiger partial charge in [-0.3, -0.25) is 4.90 Å². The highest BCUT2D eigenvalue weighted by Gasteiger charge is 2.08. The summed E-state index contributed by atoms with van der Waals surface area (Å²) in [6.07, 6.45) is 3.10. The maximum Gasteiger partial charge on any atom is 0.118 e. The van der Waals surface area contributed by atoms with Gasteiger partial charge >= 0.3 is 0 Å². The fourth-order valence-electron chi connectivity index (χ4n) is 2.10. The average molecular weight is 266 g/mol. The van der Waals surface area contributed by atoms with Gasteiger partial charge in [-0.05, 0) is 31.5 Å². The van der Waals surface area contributed by atoms with E-state index in [1.54, 1.807) is 0 Å². The van der Waals surface area contributed by atoms with E-state index in [9.17, 15) is 0 Å². The monoisotopic (exact) mass is 266 g/mol. The smallest absolute Gasteiger partial charge is 0.118 e. The van der Waals surface area contributed by atoms with Crippen LogP contribution in [0.4, 0.5) is 0 Å². The molecule has 0 aliphatic carbocycles. The Labute approximate surface area is 118 Å². The van der Waals surface area contributed by atoms with E-state index in [1.807, 2.05) is 6.26 Å². The van der Waals surface area contributed by atoms with Crippen LogP contribution in [0.2, 0.25) is 0 Å². The third-order valence-corrected chi connectivity index (χ3v) is 3.34. The van der Waals surface area contributed by atoms with Gasteiger partial charge in [0.1, 0.15) is 5.76 Å². The van der Waals surface area contributed by atoms with Crippen LogP contribution in [-0.4, -0.2) is 25.0 Å². The Hall–Kier alpha value is -0.800. The highest BCUT2D eigenvalue weighted by atomic mass is 16.3. The van der Waals surface area contributed by atoms with Crippen LogP contribution >= 0.6 is 0 Å². The fourth-order valence-corrected chi connectivity index (χ4v) is 2.10. The largest absolute Gasteiger partial charge is 0.468 e. The summed E-state index contributed by atoms with van der Waals surface area (Å²) in [6, 6.07) is 2.17. The molecule has 19 heavy (non-hydrogen) atoms. The predicted molar refractivity (Wildman–Crippen MR) is 81.0 cm³/mol. The van der Waals surface area contributed by atoms with Crippen LogP contribution in [-0.2, 0) is 13.1 Å². The predicted octanol–water partition coefficient (Wildman–Crippen LogP) is 3.50. The minimum atomic E-state index is 0.688. The van der Waals surface area contributed by atoms with Gasteiger partial charge in [0, 0.05) is 18.7 Å². The molecule has 0 aliphatic rings. The Morgan fingerprint density at radius 1 is 1.32 bits per heavy atom. The summed E-state index contributed by atoms with van der Waals surface area (Å²) in [7, 11) is 2.16. The van der Waals surface area contributed by atoms with Crippen molar-refractivity contribution in [2.24, 2.45) is 11.8 Å². The SMILES string of the molecule is CCC(C)CN(C)Cc1cc(CNCC(C)C)co1. The minimum Gasteiger partial charge on any atom is -0.468 e. The summed E-state index contributed by atoms with van der Waals surface area (Å²) in [5.74, 6) is 2.49. The van der Waals surface area contributed by atoms with E-state index in [-0.39, 0.29) is 0 Å². The number of furan rings is 1. The molecule has 3 heteroatoms. The average Bonchev–Trinajstić information content (AvgIpc) is 2.75. The Bertz CT molecular complexity index is 346. The first-order valence-corrected chi connectivity index (χ1v) is 7.46. The molecule has 1 unspecified atom stereocenters. The maximum atomic E-state index is 5.63. The summed E-state index contributed by atoms with van der Waals surface area (Å²) >= 11 is 0. The molecule has 0 aliphatic heterocycles. The van der Waals surface area contributed by atoms with Crippen molar-refractivity contribution in [1.29, 1.82) is 0 Å². The molecule has 3 nitrogen and oxygen atoms in total. The molecule has 0 aromatic carbocycles. The van der Waals surface area contributed by atoms with Gasteiger partial charge in [0.25, 0.3) is 0 Å². The van der Waals surface area contributed by atoms with E-state index >= 15 is 0 Å². The quantitative estimate of drug-likeness (QED) is 0.741. The molecule has 1 aromatic heterocycles. The van der Waals surface area contributed by atoms with Crippen LogP contribution in [0.15, 0.2) is 16.7 Å². The fraction of sp³-hybridized carbons (Fsp3) is 0.750. The lowest BCUT2D eigenvalue weighted by atomic mass is 10.1. The number of nitrogens with one attached hydrogen (secondary N) is 1. The second-order valence-electron chi connectivity index (χ2n) is 6.16. The number of rotatable bonds is 9. The van der Waals surface area contributed by atoms with Crippen LogP contribution in [0.5, 0.6) is 0 Å². The van der Waals surface area contributed by atoms with Gasteiger partial charge < -0.3 is 9.73 Å². The zero-order valence-corrected chi connectivity index (χ0v) is 13.2. The van der Waals surface area contributed by atoms with Crippen molar-refractivity contribution in [3.05, 3.63) is 23.7 Å². The standard InChI is InChI=1S/C16H30N2O/c1-6-14(4)10-18(5)11-16-7-15(12-19-16)9-17-8-13(2)3/h7,12-14,17H,6,8-11H2,1-5H3. The van der Waals surface area contributed by atoms with Crippen LogP contribution < -0.4 is 5.32 Å². The van der Waals surface area contributed by atoms with Crippen molar-refractivity contribution in [3.63, 3.8) is 0 Å². The molecule has 0 bridgehead atoms. The van der Waals surface area contributed by atoms with E-state index in [0.717, 1.165) is 37.9 Å². The highest BCUT2D eigenvalue weighted by molar-refractivity contribution is 5.12. The van der Waals surface area contributed by atoms with Gasteiger partial charge in [-0.1, -0.05) is 34.1 Å². The number of hydrogen-bond acceptors (Lipinski definition) is 3. The van der Waals surface area contributed by atoms with Crippen molar-refractivity contribution in [3.8, 4) is 0 Å². The summed E-state index contributed by atoms with van der Waals surface area (Å²) in [5, 5.41) is 3.44. The third-order valence-electron chi connectivity index (χ3n) is 3.34. The van der Waals surface area contributed by atoms with Crippen molar-refractivity contribution >= 4 is 0 Å². The summed E-state index contributed by atoms with van der Waals surface area (Å²) in [6.45, 7) is 12.9. The zero-order chi connectivity index (χ0) is 14.3. The molecule has 1 N–H and O–H groups in total. The van der Waals surface area contributed by atoms with Gasteiger partial charge in [0.2, 0.25) is 0 Å². The second kappa shape index (κ2) is 8.39. The second-order valence-corrected chi connectivity index (χ2v) is 6.16. The third kappa shape index (κ3) is 6.79. The molecular formula is C16H30N2O. The molecule has 0 radical (unpaired) electrons. The molecule has 0 saturated heterocycles. The van der Waals surface area contributed by atoms with Crippen LogP contribution in [0.3, 0.4) is 0 Å². The summed E-state index contributed by atoms with van der Waals surface area (Å²) in [5.41, 5.74) is 1.24. The molecule has 0 amide bonds. The van der Waals surface area contributed by atoms with E-state index in [4.69, 9.17) is 4.42 Å². The molecule has 1 rings (SSSR count). The minimum absolute atomic E-state index is 0.688. The van der Waals surface area contributed by atoms with E-state index in [2.05, 4.69) is 51.0 Å². The lowest BCUT2D eigenvalue weighted by Gasteiger charge is -2.18. The first kappa shape index (κ1) is 16.3. The highest BCUT2D eigenvalue weighted by Crippen LogP contribution is 2.12. The normalized spacial score (nSPS) is 13.4. The molecule has 1 heterocycles.